The topological polar surface area (TPSA) is 96.0 Å². The molecule has 2 heterocycles. The summed E-state index contributed by atoms with van der Waals surface area (Å²) < 4.78 is 22.6. The van der Waals surface area contributed by atoms with Crippen molar-refractivity contribution < 1.29 is 28.5 Å². The summed E-state index contributed by atoms with van der Waals surface area (Å²) in [6.45, 7) is 7.10. The molecule has 2 aromatic rings. The first kappa shape index (κ1) is 18.2. The maximum absolute atomic E-state index is 11.9. The van der Waals surface area contributed by atoms with E-state index in [1.165, 1.54) is 18.3 Å². The number of rotatable bonds is 3. The number of aromatic nitrogens is 1. The maximum atomic E-state index is 11.9. The molecule has 0 fully saturated rings. The van der Waals surface area contributed by atoms with E-state index in [4.69, 9.17) is 18.9 Å². The largest absolute Gasteiger partial charge is 0.484 e. The Bertz CT molecular complexity index is 842. The zero-order valence-corrected chi connectivity index (χ0v) is 15.8. The Hall–Kier alpha value is -2.55. The number of nitrogens with one attached hydrogen (secondary N) is 1. The zero-order valence-electron chi connectivity index (χ0n) is 15.0. The van der Waals surface area contributed by atoms with Gasteiger partial charge in [-0.25, -0.2) is 9.78 Å². The molecule has 0 radical (unpaired) electrons. The minimum atomic E-state index is -0.589. The number of hydrogen-bond acceptors (Lipinski definition) is 8. The van der Waals surface area contributed by atoms with Gasteiger partial charge in [0.1, 0.15) is 23.5 Å². The van der Waals surface area contributed by atoms with Crippen LogP contribution in [0.3, 0.4) is 0 Å². The number of carbonyl (C=O) groups is 2. The standard InChI is InChI=1S/C17H20N2O6S/c1-9(20)22-7-10-8-23-13-12(24-10)6-5-11-14(13)26-15(18-11)19-16(21)25-17(2,3)4/h5-6,10H,7-8H2,1-4H3,(H,18,19,21)/t10-/m0/s1. The van der Waals surface area contributed by atoms with Gasteiger partial charge in [-0.05, 0) is 32.9 Å². The van der Waals surface area contributed by atoms with Crippen LogP contribution in [0.4, 0.5) is 9.93 Å². The Balaban J connectivity index is 1.75. The van der Waals surface area contributed by atoms with E-state index in [-0.39, 0.29) is 25.3 Å². The van der Waals surface area contributed by atoms with Gasteiger partial charge in [-0.3, -0.25) is 10.1 Å². The quantitative estimate of drug-likeness (QED) is 0.816. The Labute approximate surface area is 154 Å². The van der Waals surface area contributed by atoms with Gasteiger partial charge in [0.25, 0.3) is 0 Å². The van der Waals surface area contributed by atoms with Crippen LogP contribution in [0.1, 0.15) is 27.7 Å². The summed E-state index contributed by atoms with van der Waals surface area (Å²) in [6.07, 6.45) is -0.930. The fourth-order valence-electron chi connectivity index (χ4n) is 2.31. The lowest BCUT2D eigenvalue weighted by molar-refractivity contribution is -0.144. The van der Waals surface area contributed by atoms with Crippen LogP contribution < -0.4 is 14.8 Å². The van der Waals surface area contributed by atoms with Crippen molar-refractivity contribution in [2.24, 2.45) is 0 Å². The normalized spacial score (nSPS) is 16.2. The number of anilines is 1. The van der Waals surface area contributed by atoms with E-state index in [9.17, 15) is 9.59 Å². The second-order valence-electron chi connectivity index (χ2n) is 6.74. The third-order valence-electron chi connectivity index (χ3n) is 3.26. The second kappa shape index (κ2) is 6.99. The molecule has 140 valence electrons. The molecule has 1 aliphatic heterocycles. The summed E-state index contributed by atoms with van der Waals surface area (Å²) in [6, 6.07) is 3.52. The highest BCUT2D eigenvalue weighted by atomic mass is 32.1. The highest BCUT2D eigenvalue weighted by molar-refractivity contribution is 7.22. The van der Waals surface area contributed by atoms with Gasteiger partial charge in [-0.1, -0.05) is 11.3 Å². The molecule has 0 saturated carbocycles. The molecule has 0 spiro atoms. The maximum Gasteiger partial charge on any atom is 0.413 e. The molecule has 1 aromatic carbocycles. The van der Waals surface area contributed by atoms with E-state index in [0.29, 0.717) is 22.1 Å². The van der Waals surface area contributed by atoms with Gasteiger partial charge in [0, 0.05) is 6.92 Å². The van der Waals surface area contributed by atoms with Crippen LogP contribution in [-0.4, -0.2) is 42.0 Å². The van der Waals surface area contributed by atoms with E-state index in [1.807, 2.05) is 0 Å². The third-order valence-corrected chi connectivity index (χ3v) is 4.25. The lowest BCUT2D eigenvalue weighted by Crippen LogP contribution is -2.34. The number of benzene rings is 1. The van der Waals surface area contributed by atoms with E-state index in [0.717, 1.165) is 4.70 Å². The number of carbonyl (C=O) groups excluding carboxylic acids is 2. The van der Waals surface area contributed by atoms with Gasteiger partial charge < -0.3 is 18.9 Å². The molecule has 1 amide bonds. The minimum Gasteiger partial charge on any atom is -0.484 e. The van der Waals surface area contributed by atoms with Crippen molar-refractivity contribution in [1.29, 1.82) is 0 Å². The number of ether oxygens (including phenoxy) is 4. The van der Waals surface area contributed by atoms with Crippen LogP contribution in [0.15, 0.2) is 12.1 Å². The molecule has 1 N–H and O–H groups in total. The Morgan fingerprint density at radius 1 is 1.38 bits per heavy atom. The van der Waals surface area contributed by atoms with Crippen LogP contribution >= 0.6 is 11.3 Å². The Kier molecular flexibility index (Phi) is 4.90. The van der Waals surface area contributed by atoms with Crippen molar-refractivity contribution in [2.75, 3.05) is 18.5 Å². The molecule has 0 bridgehead atoms. The van der Waals surface area contributed by atoms with Crippen molar-refractivity contribution in [3.63, 3.8) is 0 Å². The Morgan fingerprint density at radius 3 is 2.85 bits per heavy atom. The number of amides is 1. The smallest absolute Gasteiger partial charge is 0.413 e. The highest BCUT2D eigenvalue weighted by Gasteiger charge is 2.26. The molecule has 26 heavy (non-hydrogen) atoms. The van der Waals surface area contributed by atoms with E-state index < -0.39 is 11.7 Å². The zero-order chi connectivity index (χ0) is 18.9. The van der Waals surface area contributed by atoms with Crippen molar-refractivity contribution in [2.45, 2.75) is 39.4 Å². The summed E-state index contributed by atoms with van der Waals surface area (Å²) in [5, 5.41) is 3.04. The van der Waals surface area contributed by atoms with Crippen molar-refractivity contribution in [3.05, 3.63) is 12.1 Å². The molecule has 0 aliphatic carbocycles. The first-order valence-corrected chi connectivity index (χ1v) is 8.89. The SMILES string of the molecule is CC(=O)OC[C@H]1COc2c(ccc3nc(NC(=O)OC(C)(C)C)sc23)O1. The first-order valence-electron chi connectivity index (χ1n) is 8.07. The molecule has 1 atom stereocenters. The summed E-state index contributed by atoms with van der Waals surface area (Å²) in [7, 11) is 0. The molecule has 1 aliphatic rings. The summed E-state index contributed by atoms with van der Waals surface area (Å²) in [5.74, 6) is 0.750. The minimum absolute atomic E-state index is 0.126. The molecule has 9 heteroatoms. The third kappa shape index (κ3) is 4.34. The molecule has 1 aromatic heterocycles. The number of thiazole rings is 1. The van der Waals surface area contributed by atoms with Crippen molar-refractivity contribution in [1.82, 2.24) is 4.98 Å². The number of hydrogen-bond donors (Lipinski definition) is 1. The van der Waals surface area contributed by atoms with Crippen LogP contribution in [0.25, 0.3) is 10.2 Å². The summed E-state index contributed by atoms with van der Waals surface area (Å²) >= 11 is 1.27. The summed E-state index contributed by atoms with van der Waals surface area (Å²) in [4.78, 5) is 27.2. The van der Waals surface area contributed by atoms with Crippen LogP contribution in [0.2, 0.25) is 0 Å². The lowest BCUT2D eigenvalue weighted by atomic mass is 10.2. The van der Waals surface area contributed by atoms with Crippen molar-refractivity contribution in [3.8, 4) is 11.5 Å². The number of fused-ring (bicyclic) bond motifs is 3. The Morgan fingerprint density at radius 2 is 2.15 bits per heavy atom. The lowest BCUT2D eigenvalue weighted by Gasteiger charge is -2.26. The predicted molar refractivity (Wildman–Crippen MR) is 96.0 cm³/mol. The van der Waals surface area contributed by atoms with Crippen LogP contribution in [-0.2, 0) is 14.3 Å². The van der Waals surface area contributed by atoms with Gasteiger partial charge in [0.05, 0.1) is 5.52 Å². The van der Waals surface area contributed by atoms with E-state index in [1.54, 1.807) is 32.9 Å². The highest BCUT2D eigenvalue weighted by Crippen LogP contribution is 2.42. The molecule has 8 nitrogen and oxygen atoms in total. The molecular formula is C17H20N2O6S. The van der Waals surface area contributed by atoms with Crippen molar-refractivity contribution >= 4 is 38.7 Å². The fourth-order valence-corrected chi connectivity index (χ4v) is 3.25. The summed E-state index contributed by atoms with van der Waals surface area (Å²) in [5.41, 5.74) is 0.0928. The molecule has 0 saturated heterocycles. The van der Waals surface area contributed by atoms with Gasteiger partial charge in [-0.15, -0.1) is 0 Å². The van der Waals surface area contributed by atoms with Gasteiger partial charge >= 0.3 is 12.1 Å². The fraction of sp³-hybridized carbons (Fsp3) is 0.471. The van der Waals surface area contributed by atoms with Gasteiger partial charge in [0.15, 0.2) is 22.7 Å². The average molecular weight is 380 g/mol. The monoisotopic (exact) mass is 380 g/mol. The number of esters is 1. The van der Waals surface area contributed by atoms with Crippen LogP contribution in [0.5, 0.6) is 11.5 Å². The molecule has 0 unspecified atom stereocenters. The molecular weight excluding hydrogens is 360 g/mol. The van der Waals surface area contributed by atoms with Gasteiger partial charge in [0.2, 0.25) is 0 Å². The number of nitrogens with zero attached hydrogens (tertiary/aromatic N) is 1. The second-order valence-corrected chi connectivity index (χ2v) is 7.74. The van der Waals surface area contributed by atoms with Gasteiger partial charge in [-0.2, -0.15) is 0 Å². The average Bonchev–Trinajstić information content (AvgIpc) is 2.93. The van der Waals surface area contributed by atoms with E-state index in [2.05, 4.69) is 10.3 Å². The van der Waals surface area contributed by atoms with E-state index >= 15 is 0 Å². The molecule has 3 rings (SSSR count). The van der Waals surface area contributed by atoms with Crippen LogP contribution in [0, 0.1) is 0 Å². The first-order chi connectivity index (χ1) is 12.2. The predicted octanol–water partition coefficient (Wildman–Crippen LogP) is 3.35.